The van der Waals surface area contributed by atoms with Gasteiger partial charge in [-0.2, -0.15) is 0 Å². The van der Waals surface area contributed by atoms with Crippen molar-refractivity contribution in [3.8, 4) is 0 Å². The number of benzene rings is 1. The van der Waals surface area contributed by atoms with E-state index in [9.17, 15) is 4.39 Å². The van der Waals surface area contributed by atoms with Crippen LogP contribution in [0.5, 0.6) is 0 Å². The minimum Gasteiger partial charge on any atom is -0.369 e. The molecule has 1 aliphatic rings. The van der Waals surface area contributed by atoms with E-state index >= 15 is 0 Å². The van der Waals surface area contributed by atoms with Gasteiger partial charge >= 0.3 is 0 Å². The van der Waals surface area contributed by atoms with E-state index < -0.39 is 0 Å². The first-order chi connectivity index (χ1) is 9.06. The summed E-state index contributed by atoms with van der Waals surface area (Å²) in [6.45, 7) is 2.61. The van der Waals surface area contributed by atoms with Gasteiger partial charge in [-0.1, -0.05) is 25.8 Å². The Kier molecular flexibility index (Phi) is 4.85. The summed E-state index contributed by atoms with van der Waals surface area (Å²) in [5.74, 6) is 0.425. The van der Waals surface area contributed by atoms with Gasteiger partial charge in [0.05, 0.1) is 10.2 Å². The second-order valence-electron chi connectivity index (χ2n) is 5.52. The third kappa shape index (κ3) is 2.95. The summed E-state index contributed by atoms with van der Waals surface area (Å²) in [6, 6.07) is 4.19. The molecule has 0 amide bonds. The van der Waals surface area contributed by atoms with Crippen molar-refractivity contribution in [2.45, 2.75) is 45.2 Å². The minimum atomic E-state index is -0.191. The smallest absolute Gasteiger partial charge is 0.160 e. The largest absolute Gasteiger partial charge is 0.369 e. The molecule has 4 heteroatoms. The Bertz CT molecular complexity index is 450. The van der Waals surface area contributed by atoms with Crippen molar-refractivity contribution < 1.29 is 4.39 Å². The highest BCUT2D eigenvalue weighted by molar-refractivity contribution is 9.10. The lowest BCUT2D eigenvalue weighted by atomic mass is 9.85. The predicted molar refractivity (Wildman–Crippen MR) is 81.8 cm³/mol. The Labute approximate surface area is 123 Å². The Balaban J connectivity index is 2.28. The van der Waals surface area contributed by atoms with Crippen LogP contribution in [0.1, 0.15) is 38.2 Å². The van der Waals surface area contributed by atoms with E-state index in [4.69, 9.17) is 5.73 Å². The fourth-order valence-electron chi connectivity index (χ4n) is 3.06. The van der Waals surface area contributed by atoms with Gasteiger partial charge in [0.1, 0.15) is 0 Å². The molecule has 1 aromatic rings. The molecule has 2 unspecified atom stereocenters. The second kappa shape index (κ2) is 6.23. The molecule has 0 spiro atoms. The molecule has 2 atom stereocenters. The topological polar surface area (TPSA) is 29.3 Å². The predicted octanol–water partition coefficient (Wildman–Crippen LogP) is 4.06. The molecule has 106 valence electrons. The quantitative estimate of drug-likeness (QED) is 0.906. The normalized spacial score (nSPS) is 23.4. The van der Waals surface area contributed by atoms with Crippen molar-refractivity contribution in [2.75, 3.05) is 11.9 Å². The number of anilines is 1. The van der Waals surface area contributed by atoms with Crippen LogP contribution in [0, 0.1) is 11.7 Å². The number of hydrogen-bond donors (Lipinski definition) is 1. The third-order valence-corrected chi connectivity index (χ3v) is 5.16. The minimum absolute atomic E-state index is 0.191. The Morgan fingerprint density at radius 1 is 1.37 bits per heavy atom. The molecule has 19 heavy (non-hydrogen) atoms. The molecule has 0 radical (unpaired) electrons. The van der Waals surface area contributed by atoms with Gasteiger partial charge in [-0.25, -0.2) is 4.39 Å². The van der Waals surface area contributed by atoms with Crippen LogP contribution in [0.4, 0.5) is 10.1 Å². The van der Waals surface area contributed by atoms with Gasteiger partial charge in [0.15, 0.2) is 5.82 Å². The van der Waals surface area contributed by atoms with Crippen molar-refractivity contribution in [1.82, 2.24) is 0 Å². The standard InChI is InChI=1S/C15H22BrFN2/c1-10-5-3-4-6-12(10)19(2)13-8-7-11(9-18)14(16)15(13)17/h7-8,10,12H,3-6,9,18H2,1-2H3. The van der Waals surface area contributed by atoms with Gasteiger partial charge in [-0.15, -0.1) is 0 Å². The fourth-order valence-corrected chi connectivity index (χ4v) is 3.56. The van der Waals surface area contributed by atoms with E-state index in [1.54, 1.807) is 0 Å². The summed E-state index contributed by atoms with van der Waals surface area (Å²) in [7, 11) is 2.00. The van der Waals surface area contributed by atoms with Gasteiger partial charge in [-0.3, -0.25) is 0 Å². The van der Waals surface area contributed by atoms with Crippen LogP contribution in [0.3, 0.4) is 0 Å². The summed E-state index contributed by atoms with van der Waals surface area (Å²) in [5, 5.41) is 0. The monoisotopic (exact) mass is 328 g/mol. The first-order valence-corrected chi connectivity index (χ1v) is 7.75. The average molecular weight is 329 g/mol. The van der Waals surface area contributed by atoms with E-state index in [0.29, 0.717) is 28.7 Å². The van der Waals surface area contributed by atoms with Crippen LogP contribution >= 0.6 is 15.9 Å². The molecule has 0 bridgehead atoms. The second-order valence-corrected chi connectivity index (χ2v) is 6.31. The van der Waals surface area contributed by atoms with Crippen molar-refractivity contribution in [2.24, 2.45) is 11.7 Å². The van der Waals surface area contributed by atoms with Gasteiger partial charge in [-0.05, 0) is 46.3 Å². The molecule has 1 fully saturated rings. The van der Waals surface area contributed by atoms with Crippen LogP contribution in [0.25, 0.3) is 0 Å². The van der Waals surface area contributed by atoms with E-state index in [-0.39, 0.29) is 5.82 Å². The zero-order valence-corrected chi connectivity index (χ0v) is 13.2. The average Bonchev–Trinajstić information content (AvgIpc) is 2.41. The highest BCUT2D eigenvalue weighted by Gasteiger charge is 2.27. The summed E-state index contributed by atoms with van der Waals surface area (Å²) < 4.78 is 14.9. The van der Waals surface area contributed by atoms with E-state index in [1.807, 2.05) is 19.2 Å². The maximum absolute atomic E-state index is 14.4. The zero-order valence-electron chi connectivity index (χ0n) is 11.6. The van der Waals surface area contributed by atoms with Crippen molar-refractivity contribution in [3.63, 3.8) is 0 Å². The molecule has 1 saturated carbocycles. The summed E-state index contributed by atoms with van der Waals surface area (Å²) in [5.41, 5.74) is 7.08. The SMILES string of the molecule is CC1CCCCC1N(C)c1ccc(CN)c(Br)c1F. The fraction of sp³-hybridized carbons (Fsp3) is 0.600. The molecule has 0 heterocycles. The Morgan fingerprint density at radius 2 is 2.05 bits per heavy atom. The van der Waals surface area contributed by atoms with Gasteiger partial charge in [0.2, 0.25) is 0 Å². The molecule has 0 aromatic heterocycles. The number of nitrogens with zero attached hydrogens (tertiary/aromatic N) is 1. The van der Waals surface area contributed by atoms with E-state index in [2.05, 4.69) is 27.8 Å². The zero-order chi connectivity index (χ0) is 14.0. The molecule has 0 saturated heterocycles. The molecule has 2 nitrogen and oxygen atoms in total. The lowest BCUT2D eigenvalue weighted by Crippen LogP contribution is -2.39. The lowest BCUT2D eigenvalue weighted by Gasteiger charge is -2.38. The van der Waals surface area contributed by atoms with Gasteiger partial charge < -0.3 is 10.6 Å². The van der Waals surface area contributed by atoms with Gasteiger partial charge in [0, 0.05) is 19.6 Å². The summed E-state index contributed by atoms with van der Waals surface area (Å²) in [4.78, 5) is 2.10. The number of halogens is 2. The first kappa shape index (κ1) is 14.8. The van der Waals surface area contributed by atoms with Crippen molar-refractivity contribution >= 4 is 21.6 Å². The van der Waals surface area contributed by atoms with Crippen molar-refractivity contribution in [3.05, 3.63) is 28.0 Å². The third-order valence-electron chi connectivity index (χ3n) is 4.31. The Hall–Kier alpha value is -0.610. The number of rotatable bonds is 3. The molecule has 2 rings (SSSR count). The van der Waals surface area contributed by atoms with Crippen LogP contribution in [-0.4, -0.2) is 13.1 Å². The Morgan fingerprint density at radius 3 is 2.68 bits per heavy atom. The van der Waals surface area contributed by atoms with E-state index in [1.165, 1.54) is 19.3 Å². The summed E-state index contributed by atoms with van der Waals surface area (Å²) in [6.07, 6.45) is 4.92. The number of nitrogens with two attached hydrogens (primary N) is 1. The molecule has 1 aromatic carbocycles. The van der Waals surface area contributed by atoms with Gasteiger partial charge in [0.25, 0.3) is 0 Å². The molecule has 0 aliphatic heterocycles. The molecule has 1 aliphatic carbocycles. The van der Waals surface area contributed by atoms with Crippen LogP contribution < -0.4 is 10.6 Å². The highest BCUT2D eigenvalue weighted by atomic mass is 79.9. The maximum Gasteiger partial charge on any atom is 0.160 e. The molecule has 2 N–H and O–H groups in total. The molecular formula is C15H22BrFN2. The lowest BCUT2D eigenvalue weighted by molar-refractivity contribution is 0.320. The van der Waals surface area contributed by atoms with Crippen molar-refractivity contribution in [1.29, 1.82) is 0 Å². The maximum atomic E-state index is 14.4. The van der Waals surface area contributed by atoms with E-state index in [0.717, 1.165) is 12.0 Å². The number of hydrogen-bond acceptors (Lipinski definition) is 2. The first-order valence-electron chi connectivity index (χ1n) is 6.96. The van der Waals surface area contributed by atoms with Crippen LogP contribution in [-0.2, 0) is 6.54 Å². The highest BCUT2D eigenvalue weighted by Crippen LogP contribution is 2.34. The molecular weight excluding hydrogens is 307 g/mol. The van der Waals surface area contributed by atoms with Crippen LogP contribution in [0.15, 0.2) is 16.6 Å². The van der Waals surface area contributed by atoms with Crippen LogP contribution in [0.2, 0.25) is 0 Å². The summed E-state index contributed by atoms with van der Waals surface area (Å²) >= 11 is 3.32.